The van der Waals surface area contributed by atoms with Gasteiger partial charge in [-0.2, -0.15) is 5.26 Å². The van der Waals surface area contributed by atoms with Crippen LogP contribution in [0.15, 0.2) is 22.9 Å². The minimum absolute atomic E-state index is 0.120. The highest BCUT2D eigenvalue weighted by molar-refractivity contribution is 9.10. The van der Waals surface area contributed by atoms with E-state index < -0.39 is 0 Å². The standard InChI is InChI=1S/C8H4BrN3O/c9-7-1-6(13)2-8-11-4-5(3-10)12(7)8/h1-2,4,13H. The molecular weight excluding hydrogens is 234 g/mol. The second-order valence-electron chi connectivity index (χ2n) is 2.49. The predicted octanol–water partition coefficient (Wildman–Crippen LogP) is 1.67. The van der Waals surface area contributed by atoms with Crippen LogP contribution in [0, 0.1) is 11.3 Å². The maximum atomic E-state index is 9.23. The van der Waals surface area contributed by atoms with E-state index in [1.54, 1.807) is 4.40 Å². The van der Waals surface area contributed by atoms with E-state index in [0.29, 0.717) is 15.9 Å². The van der Waals surface area contributed by atoms with Crippen LogP contribution < -0.4 is 0 Å². The first kappa shape index (κ1) is 8.08. The zero-order valence-electron chi connectivity index (χ0n) is 6.40. The summed E-state index contributed by atoms with van der Waals surface area (Å²) in [5, 5.41) is 18.0. The summed E-state index contributed by atoms with van der Waals surface area (Å²) in [4.78, 5) is 3.96. The molecule has 0 saturated carbocycles. The molecule has 0 fully saturated rings. The number of nitriles is 1. The Morgan fingerprint density at radius 2 is 2.31 bits per heavy atom. The molecule has 0 aromatic carbocycles. The molecular formula is C8H4BrN3O. The molecule has 64 valence electrons. The molecule has 0 aliphatic heterocycles. The number of hydrogen-bond acceptors (Lipinski definition) is 3. The van der Waals surface area contributed by atoms with Crippen molar-refractivity contribution in [2.75, 3.05) is 0 Å². The maximum absolute atomic E-state index is 9.23. The predicted molar refractivity (Wildman–Crippen MR) is 49.3 cm³/mol. The largest absolute Gasteiger partial charge is 0.508 e. The third kappa shape index (κ3) is 1.15. The van der Waals surface area contributed by atoms with E-state index in [-0.39, 0.29) is 5.75 Å². The Labute approximate surface area is 82.2 Å². The molecule has 2 rings (SSSR count). The molecule has 0 aliphatic rings. The number of halogens is 1. The molecule has 2 aromatic rings. The first-order valence-electron chi connectivity index (χ1n) is 3.48. The molecule has 13 heavy (non-hydrogen) atoms. The van der Waals surface area contributed by atoms with Gasteiger partial charge >= 0.3 is 0 Å². The van der Waals surface area contributed by atoms with Gasteiger partial charge in [0.05, 0.1) is 10.8 Å². The van der Waals surface area contributed by atoms with Gasteiger partial charge in [-0.05, 0) is 15.9 Å². The molecule has 1 N–H and O–H groups in total. The summed E-state index contributed by atoms with van der Waals surface area (Å²) in [6, 6.07) is 5.00. The van der Waals surface area contributed by atoms with Crippen molar-refractivity contribution in [1.82, 2.24) is 9.38 Å². The third-order valence-corrected chi connectivity index (χ3v) is 2.24. The minimum atomic E-state index is 0.120. The summed E-state index contributed by atoms with van der Waals surface area (Å²) < 4.78 is 2.22. The third-order valence-electron chi connectivity index (χ3n) is 1.66. The van der Waals surface area contributed by atoms with Crippen LogP contribution in [0.2, 0.25) is 0 Å². The lowest BCUT2D eigenvalue weighted by Crippen LogP contribution is -1.89. The van der Waals surface area contributed by atoms with Crippen molar-refractivity contribution in [2.24, 2.45) is 0 Å². The van der Waals surface area contributed by atoms with Crippen LogP contribution in [0.1, 0.15) is 5.69 Å². The van der Waals surface area contributed by atoms with Gasteiger partial charge in [-0.25, -0.2) is 4.98 Å². The van der Waals surface area contributed by atoms with Crippen LogP contribution in [0.4, 0.5) is 0 Å². The van der Waals surface area contributed by atoms with Gasteiger partial charge < -0.3 is 5.11 Å². The fourth-order valence-corrected chi connectivity index (χ4v) is 1.74. The Balaban J connectivity index is 2.92. The monoisotopic (exact) mass is 237 g/mol. The van der Waals surface area contributed by atoms with Crippen LogP contribution in [0.3, 0.4) is 0 Å². The molecule has 2 heterocycles. The van der Waals surface area contributed by atoms with E-state index in [4.69, 9.17) is 5.26 Å². The SMILES string of the molecule is N#Cc1cnc2cc(O)cc(Br)n12. The molecule has 0 amide bonds. The fraction of sp³-hybridized carbons (Fsp3) is 0. The Morgan fingerprint density at radius 1 is 1.54 bits per heavy atom. The lowest BCUT2D eigenvalue weighted by Gasteiger charge is -1.99. The smallest absolute Gasteiger partial charge is 0.145 e. The second-order valence-corrected chi connectivity index (χ2v) is 3.30. The van der Waals surface area contributed by atoms with Gasteiger partial charge in [0, 0.05) is 12.1 Å². The molecule has 0 atom stereocenters. The number of rotatable bonds is 0. The van der Waals surface area contributed by atoms with Crippen molar-refractivity contribution in [3.63, 3.8) is 0 Å². The van der Waals surface area contributed by atoms with Gasteiger partial charge in [-0.15, -0.1) is 0 Å². The number of aromatic nitrogens is 2. The van der Waals surface area contributed by atoms with Crippen LogP contribution in [0.5, 0.6) is 5.75 Å². The summed E-state index contributed by atoms with van der Waals surface area (Å²) in [5.41, 5.74) is 0.977. The quantitative estimate of drug-likeness (QED) is 0.710. The van der Waals surface area contributed by atoms with E-state index in [9.17, 15) is 5.11 Å². The zero-order chi connectivity index (χ0) is 9.42. The van der Waals surface area contributed by atoms with Gasteiger partial charge in [0.15, 0.2) is 0 Å². The highest BCUT2D eigenvalue weighted by atomic mass is 79.9. The van der Waals surface area contributed by atoms with Crippen LogP contribution in [0.25, 0.3) is 5.65 Å². The number of aromatic hydroxyl groups is 1. The number of fused-ring (bicyclic) bond motifs is 1. The normalized spacial score (nSPS) is 10.2. The van der Waals surface area contributed by atoms with Crippen molar-refractivity contribution in [3.8, 4) is 11.8 Å². The molecule has 5 heteroatoms. The van der Waals surface area contributed by atoms with Crippen molar-refractivity contribution < 1.29 is 5.11 Å². The Morgan fingerprint density at radius 3 is 3.00 bits per heavy atom. The number of nitrogens with zero attached hydrogens (tertiary/aromatic N) is 3. The Kier molecular flexibility index (Phi) is 1.71. The maximum Gasteiger partial charge on any atom is 0.145 e. The summed E-state index contributed by atoms with van der Waals surface area (Å²) in [6.07, 6.45) is 1.46. The van der Waals surface area contributed by atoms with Crippen LogP contribution in [-0.2, 0) is 0 Å². The second kappa shape index (κ2) is 2.75. The zero-order valence-corrected chi connectivity index (χ0v) is 7.98. The molecule has 0 spiro atoms. The van der Waals surface area contributed by atoms with Gasteiger partial charge in [0.1, 0.15) is 23.2 Å². The first-order valence-corrected chi connectivity index (χ1v) is 4.28. The molecule has 0 radical (unpaired) electrons. The van der Waals surface area contributed by atoms with Gasteiger partial charge in [-0.3, -0.25) is 4.40 Å². The van der Waals surface area contributed by atoms with Gasteiger partial charge in [-0.1, -0.05) is 0 Å². The fourth-order valence-electron chi connectivity index (χ4n) is 1.13. The van der Waals surface area contributed by atoms with Crippen LogP contribution in [-0.4, -0.2) is 14.5 Å². The lowest BCUT2D eigenvalue weighted by molar-refractivity contribution is 0.474. The molecule has 2 aromatic heterocycles. The van der Waals surface area contributed by atoms with Crippen molar-refractivity contribution in [3.05, 3.63) is 28.6 Å². The number of hydrogen-bond donors (Lipinski definition) is 1. The van der Waals surface area contributed by atoms with Gasteiger partial charge in [0.2, 0.25) is 0 Å². The summed E-state index contributed by atoms with van der Waals surface area (Å²) in [6.45, 7) is 0. The average molecular weight is 238 g/mol. The highest BCUT2D eigenvalue weighted by Gasteiger charge is 2.06. The van der Waals surface area contributed by atoms with E-state index in [2.05, 4.69) is 20.9 Å². The molecule has 0 bridgehead atoms. The highest BCUT2D eigenvalue weighted by Crippen LogP contribution is 2.21. The average Bonchev–Trinajstić information content (AvgIpc) is 2.47. The Bertz CT molecular complexity index is 512. The molecule has 0 saturated heterocycles. The summed E-state index contributed by atoms with van der Waals surface area (Å²) in [5.74, 6) is 0.120. The van der Waals surface area contributed by atoms with Crippen molar-refractivity contribution >= 4 is 21.6 Å². The Hall–Kier alpha value is -1.54. The molecule has 0 aliphatic carbocycles. The van der Waals surface area contributed by atoms with E-state index in [0.717, 1.165) is 0 Å². The number of pyridine rings is 1. The van der Waals surface area contributed by atoms with Crippen molar-refractivity contribution in [2.45, 2.75) is 0 Å². The lowest BCUT2D eigenvalue weighted by atomic mass is 10.4. The summed E-state index contributed by atoms with van der Waals surface area (Å²) in [7, 11) is 0. The van der Waals surface area contributed by atoms with Gasteiger partial charge in [0.25, 0.3) is 0 Å². The number of imidazole rings is 1. The molecule has 4 nitrogen and oxygen atoms in total. The minimum Gasteiger partial charge on any atom is -0.508 e. The first-order chi connectivity index (χ1) is 6.22. The van der Waals surface area contributed by atoms with E-state index >= 15 is 0 Å². The van der Waals surface area contributed by atoms with Crippen LogP contribution >= 0.6 is 15.9 Å². The molecule has 0 unspecified atom stereocenters. The topological polar surface area (TPSA) is 61.3 Å². The van der Waals surface area contributed by atoms with E-state index in [1.807, 2.05) is 6.07 Å². The van der Waals surface area contributed by atoms with E-state index in [1.165, 1.54) is 18.3 Å². The van der Waals surface area contributed by atoms with Crippen molar-refractivity contribution in [1.29, 1.82) is 5.26 Å². The summed E-state index contributed by atoms with van der Waals surface area (Å²) >= 11 is 3.23.